The van der Waals surface area contributed by atoms with Gasteiger partial charge in [-0.3, -0.25) is 19.7 Å². The predicted octanol–water partition coefficient (Wildman–Crippen LogP) is 3.86. The average molecular weight is 474 g/mol. The van der Waals surface area contributed by atoms with Crippen LogP contribution in [-0.2, 0) is 16.0 Å². The molecule has 3 aromatic rings. The topological polar surface area (TPSA) is 140 Å². The number of hydrazone groups is 1. The lowest BCUT2D eigenvalue weighted by molar-refractivity contribution is -0.385. The van der Waals surface area contributed by atoms with Gasteiger partial charge in [-0.05, 0) is 43.2 Å². The maximum Gasteiger partial charge on any atom is 0.350 e. The number of hydrogen-bond acceptors (Lipinski definition) is 7. The Morgan fingerprint density at radius 3 is 2.26 bits per heavy atom. The van der Waals surface area contributed by atoms with Crippen molar-refractivity contribution < 1.29 is 24.0 Å². The molecule has 0 spiro atoms. The molecule has 178 valence electrons. The van der Waals surface area contributed by atoms with Crippen molar-refractivity contribution in [1.82, 2.24) is 5.43 Å². The van der Waals surface area contributed by atoms with Gasteiger partial charge in [0.15, 0.2) is 0 Å². The molecule has 35 heavy (non-hydrogen) atoms. The number of ether oxygens (including phenoxy) is 1. The highest BCUT2D eigenvalue weighted by Crippen LogP contribution is 2.23. The van der Waals surface area contributed by atoms with Gasteiger partial charge in [0.05, 0.1) is 10.6 Å². The van der Waals surface area contributed by atoms with Crippen LogP contribution in [0.25, 0.3) is 0 Å². The molecule has 0 saturated heterocycles. The molecule has 0 fully saturated rings. The lowest BCUT2D eigenvalue weighted by Gasteiger charge is -2.11. The Bertz CT molecular complexity index is 1320. The van der Waals surface area contributed by atoms with Crippen LogP contribution in [0.3, 0.4) is 0 Å². The summed E-state index contributed by atoms with van der Waals surface area (Å²) in [5.41, 5.74) is 3.58. The third-order valence-electron chi connectivity index (χ3n) is 4.98. The van der Waals surface area contributed by atoms with Crippen LogP contribution in [0.4, 0.5) is 11.4 Å². The Hall–Kier alpha value is -4.86. The molecular weight excluding hydrogens is 452 g/mol. The first kappa shape index (κ1) is 24.8. The predicted molar refractivity (Wildman–Crippen MR) is 129 cm³/mol. The van der Waals surface area contributed by atoms with E-state index in [9.17, 15) is 24.5 Å². The van der Waals surface area contributed by atoms with Crippen molar-refractivity contribution >= 4 is 34.9 Å². The Kier molecular flexibility index (Phi) is 8.02. The Labute approximate surface area is 200 Å². The van der Waals surface area contributed by atoms with Crippen LogP contribution in [0.1, 0.15) is 35.3 Å². The van der Waals surface area contributed by atoms with Gasteiger partial charge in [0.1, 0.15) is 11.3 Å². The van der Waals surface area contributed by atoms with Gasteiger partial charge in [-0.25, -0.2) is 10.2 Å². The highest BCUT2D eigenvalue weighted by Gasteiger charge is 2.22. The first-order valence-corrected chi connectivity index (χ1v) is 10.6. The molecule has 0 aliphatic heterocycles. The van der Waals surface area contributed by atoms with E-state index >= 15 is 0 Å². The Morgan fingerprint density at radius 2 is 1.54 bits per heavy atom. The van der Waals surface area contributed by atoms with E-state index in [1.54, 1.807) is 37.3 Å². The number of amides is 2. The summed E-state index contributed by atoms with van der Waals surface area (Å²) in [4.78, 5) is 47.7. The maximum absolute atomic E-state index is 12.6. The highest BCUT2D eigenvalue weighted by molar-refractivity contribution is 6.39. The number of benzene rings is 3. The lowest BCUT2D eigenvalue weighted by atomic mass is 10.1. The van der Waals surface area contributed by atoms with E-state index in [1.807, 2.05) is 19.1 Å². The monoisotopic (exact) mass is 474 g/mol. The molecule has 10 heteroatoms. The van der Waals surface area contributed by atoms with Gasteiger partial charge in [-0.2, -0.15) is 5.10 Å². The second-order valence-corrected chi connectivity index (χ2v) is 7.26. The number of para-hydroxylation sites is 3. The summed E-state index contributed by atoms with van der Waals surface area (Å²) < 4.78 is 5.39. The molecule has 0 atom stereocenters. The number of nitro groups is 1. The van der Waals surface area contributed by atoms with Gasteiger partial charge in [-0.15, -0.1) is 0 Å². The molecule has 10 nitrogen and oxygen atoms in total. The number of nitrogens with zero attached hydrogens (tertiary/aromatic N) is 2. The van der Waals surface area contributed by atoms with E-state index in [1.165, 1.54) is 30.3 Å². The summed E-state index contributed by atoms with van der Waals surface area (Å²) in [6.45, 7) is 3.47. The summed E-state index contributed by atoms with van der Waals surface area (Å²) in [6.07, 6.45) is 0.678. The van der Waals surface area contributed by atoms with E-state index < -0.39 is 22.7 Å². The third-order valence-corrected chi connectivity index (χ3v) is 4.98. The van der Waals surface area contributed by atoms with E-state index in [4.69, 9.17) is 4.74 Å². The van der Waals surface area contributed by atoms with Crippen LogP contribution in [0.2, 0.25) is 0 Å². The number of anilines is 1. The minimum Gasteiger partial charge on any atom is -0.422 e. The molecule has 0 heterocycles. The Balaban J connectivity index is 1.73. The number of carbonyl (C=O) groups excluding carboxylic acids is 3. The van der Waals surface area contributed by atoms with Crippen molar-refractivity contribution in [3.8, 4) is 5.75 Å². The lowest BCUT2D eigenvalue weighted by Crippen LogP contribution is -2.33. The van der Waals surface area contributed by atoms with Crippen molar-refractivity contribution in [2.24, 2.45) is 5.10 Å². The van der Waals surface area contributed by atoms with Gasteiger partial charge in [0.25, 0.3) is 5.69 Å². The van der Waals surface area contributed by atoms with Crippen molar-refractivity contribution in [1.29, 1.82) is 0 Å². The van der Waals surface area contributed by atoms with Gasteiger partial charge in [0, 0.05) is 17.3 Å². The fourth-order valence-corrected chi connectivity index (χ4v) is 3.19. The van der Waals surface area contributed by atoms with Crippen molar-refractivity contribution in [3.05, 3.63) is 99.6 Å². The zero-order valence-corrected chi connectivity index (χ0v) is 19.0. The SMILES string of the molecule is CCc1ccccc1NC(=O)C(=O)N/N=C(\C)c1ccccc1OC(=O)c1ccccc1[N+](=O)[O-]. The molecule has 0 radical (unpaired) electrons. The van der Waals surface area contributed by atoms with Crippen LogP contribution in [0.15, 0.2) is 77.9 Å². The first-order valence-electron chi connectivity index (χ1n) is 10.6. The normalized spacial score (nSPS) is 10.9. The van der Waals surface area contributed by atoms with Crippen LogP contribution < -0.4 is 15.5 Å². The summed E-state index contributed by atoms with van der Waals surface area (Å²) >= 11 is 0. The summed E-state index contributed by atoms with van der Waals surface area (Å²) in [6, 6.07) is 18.9. The standard InChI is InChI=1S/C25H22N4O6/c1-3-17-10-4-7-13-20(17)26-23(30)24(31)28-27-16(2)18-11-6-9-15-22(18)35-25(32)19-12-5-8-14-21(19)29(33)34/h4-15H,3H2,1-2H3,(H,26,30)(H,28,31)/b27-16+. The van der Waals surface area contributed by atoms with Crippen LogP contribution in [-0.4, -0.2) is 28.4 Å². The van der Waals surface area contributed by atoms with Gasteiger partial charge < -0.3 is 10.1 Å². The molecule has 0 aliphatic rings. The molecule has 0 aliphatic carbocycles. The zero-order chi connectivity index (χ0) is 25.4. The van der Waals surface area contributed by atoms with Crippen molar-refractivity contribution in [2.75, 3.05) is 5.32 Å². The first-order chi connectivity index (χ1) is 16.8. The molecule has 0 saturated carbocycles. The second-order valence-electron chi connectivity index (χ2n) is 7.26. The van der Waals surface area contributed by atoms with Crippen molar-refractivity contribution in [3.63, 3.8) is 0 Å². The quantitative estimate of drug-likeness (QED) is 0.133. The van der Waals surface area contributed by atoms with Crippen LogP contribution in [0.5, 0.6) is 5.75 Å². The van der Waals surface area contributed by atoms with E-state index in [-0.39, 0.29) is 22.7 Å². The minimum atomic E-state index is -0.982. The number of nitrogens with one attached hydrogen (secondary N) is 2. The molecule has 3 rings (SSSR count). The Morgan fingerprint density at radius 1 is 0.914 bits per heavy atom. The van der Waals surface area contributed by atoms with E-state index in [0.29, 0.717) is 17.7 Å². The number of aryl methyl sites for hydroxylation is 1. The fourth-order valence-electron chi connectivity index (χ4n) is 3.19. The number of esters is 1. The molecule has 2 amide bonds. The number of nitro benzene ring substituents is 1. The van der Waals surface area contributed by atoms with Gasteiger partial charge in [0.2, 0.25) is 0 Å². The number of carbonyl (C=O) groups is 3. The summed E-state index contributed by atoms with van der Waals surface area (Å²) in [7, 11) is 0. The smallest absolute Gasteiger partial charge is 0.350 e. The average Bonchev–Trinajstić information content (AvgIpc) is 2.87. The fraction of sp³-hybridized carbons (Fsp3) is 0.120. The molecular formula is C25H22N4O6. The van der Waals surface area contributed by atoms with Crippen LogP contribution in [0, 0.1) is 10.1 Å². The minimum absolute atomic E-state index is 0.0764. The maximum atomic E-state index is 12.6. The highest BCUT2D eigenvalue weighted by atomic mass is 16.6. The largest absolute Gasteiger partial charge is 0.422 e. The molecule has 0 aromatic heterocycles. The molecule has 3 aromatic carbocycles. The van der Waals surface area contributed by atoms with Gasteiger partial charge >= 0.3 is 17.8 Å². The van der Waals surface area contributed by atoms with E-state index in [0.717, 1.165) is 5.56 Å². The molecule has 0 unspecified atom stereocenters. The third kappa shape index (κ3) is 6.14. The number of rotatable bonds is 7. The summed E-state index contributed by atoms with van der Waals surface area (Å²) in [5.74, 6) is -2.72. The van der Waals surface area contributed by atoms with E-state index in [2.05, 4.69) is 15.8 Å². The second kappa shape index (κ2) is 11.3. The molecule has 0 bridgehead atoms. The van der Waals surface area contributed by atoms with Crippen molar-refractivity contribution in [2.45, 2.75) is 20.3 Å². The summed E-state index contributed by atoms with van der Waals surface area (Å²) in [5, 5.41) is 17.7. The zero-order valence-electron chi connectivity index (χ0n) is 19.0. The number of hydrogen-bond donors (Lipinski definition) is 2. The van der Waals surface area contributed by atoms with Crippen LogP contribution >= 0.6 is 0 Å². The molecule has 2 N–H and O–H groups in total. The van der Waals surface area contributed by atoms with Gasteiger partial charge in [-0.1, -0.05) is 49.4 Å².